The molecule has 6 heteroatoms. The highest BCUT2D eigenvalue weighted by atomic mass is 35.5. The molecule has 0 saturated carbocycles. The van der Waals surface area contributed by atoms with Gasteiger partial charge in [0.1, 0.15) is 17.5 Å². The molecule has 2 aromatic rings. The van der Waals surface area contributed by atoms with Crippen LogP contribution in [0.4, 0.5) is 11.6 Å². The molecule has 0 atom stereocenters. The number of hydrogen-bond donors (Lipinski definition) is 1. The van der Waals surface area contributed by atoms with Crippen LogP contribution in [0, 0.1) is 6.92 Å². The first-order valence-electron chi connectivity index (χ1n) is 6.78. The standard InChI is InChI=1S/C15H21ClN4S/c1-9-12(17)18-14(15(2,3)4)19-13(9)20(5)8-10-6-7-11(16)21-10/h6-7H,8H2,1-5H3,(H2,17,18,19). The number of anilines is 2. The number of nitrogens with two attached hydrogens (primary N) is 1. The molecule has 114 valence electrons. The van der Waals surface area contributed by atoms with Crippen LogP contribution in [-0.2, 0) is 12.0 Å². The molecular formula is C15H21ClN4S. The van der Waals surface area contributed by atoms with Crippen molar-refractivity contribution in [3.63, 3.8) is 0 Å². The Labute approximate surface area is 135 Å². The molecule has 21 heavy (non-hydrogen) atoms. The van der Waals surface area contributed by atoms with E-state index in [2.05, 4.69) is 30.7 Å². The van der Waals surface area contributed by atoms with Crippen LogP contribution in [0.1, 0.15) is 37.0 Å². The molecular weight excluding hydrogens is 304 g/mol. The predicted octanol–water partition coefficient (Wildman–Crippen LogP) is 4.02. The minimum absolute atomic E-state index is 0.135. The normalized spacial score (nSPS) is 11.7. The second-order valence-electron chi connectivity index (χ2n) is 6.19. The lowest BCUT2D eigenvalue weighted by molar-refractivity contribution is 0.545. The second-order valence-corrected chi connectivity index (χ2v) is 7.99. The number of halogens is 1. The topological polar surface area (TPSA) is 55.0 Å². The minimum Gasteiger partial charge on any atom is -0.383 e. The summed E-state index contributed by atoms with van der Waals surface area (Å²) in [6.45, 7) is 8.95. The van der Waals surface area contributed by atoms with Crippen LogP contribution in [-0.4, -0.2) is 17.0 Å². The first kappa shape index (κ1) is 16.0. The van der Waals surface area contributed by atoms with E-state index >= 15 is 0 Å². The van der Waals surface area contributed by atoms with Gasteiger partial charge in [-0.05, 0) is 19.1 Å². The number of rotatable bonds is 3. The van der Waals surface area contributed by atoms with Gasteiger partial charge in [0, 0.05) is 22.9 Å². The summed E-state index contributed by atoms with van der Waals surface area (Å²) >= 11 is 7.57. The lowest BCUT2D eigenvalue weighted by atomic mass is 9.95. The van der Waals surface area contributed by atoms with Crippen molar-refractivity contribution < 1.29 is 0 Å². The average molecular weight is 325 g/mol. The number of thiophene rings is 1. The summed E-state index contributed by atoms with van der Waals surface area (Å²) in [5, 5.41) is 0. The zero-order valence-corrected chi connectivity index (χ0v) is 14.6. The SMILES string of the molecule is Cc1c(N)nc(C(C)(C)C)nc1N(C)Cc1ccc(Cl)s1. The average Bonchev–Trinajstić information content (AvgIpc) is 2.76. The highest BCUT2D eigenvalue weighted by Gasteiger charge is 2.21. The lowest BCUT2D eigenvalue weighted by Gasteiger charge is -2.24. The molecule has 0 bridgehead atoms. The van der Waals surface area contributed by atoms with E-state index in [-0.39, 0.29) is 5.41 Å². The van der Waals surface area contributed by atoms with Crippen LogP contribution in [0.5, 0.6) is 0 Å². The van der Waals surface area contributed by atoms with E-state index in [9.17, 15) is 0 Å². The quantitative estimate of drug-likeness (QED) is 0.926. The highest BCUT2D eigenvalue weighted by Crippen LogP contribution is 2.29. The first-order chi connectivity index (χ1) is 9.68. The van der Waals surface area contributed by atoms with E-state index in [0.29, 0.717) is 5.82 Å². The summed E-state index contributed by atoms with van der Waals surface area (Å²) in [5.41, 5.74) is 6.83. The smallest absolute Gasteiger partial charge is 0.138 e. The molecule has 0 saturated heterocycles. The van der Waals surface area contributed by atoms with Crippen LogP contribution >= 0.6 is 22.9 Å². The molecule has 0 amide bonds. The van der Waals surface area contributed by atoms with Gasteiger partial charge in [0.25, 0.3) is 0 Å². The van der Waals surface area contributed by atoms with E-state index < -0.39 is 0 Å². The highest BCUT2D eigenvalue weighted by molar-refractivity contribution is 7.16. The summed E-state index contributed by atoms with van der Waals surface area (Å²) in [5.74, 6) is 2.18. The Morgan fingerprint density at radius 2 is 1.95 bits per heavy atom. The number of nitrogen functional groups attached to an aromatic ring is 1. The molecule has 2 heterocycles. The fourth-order valence-electron chi connectivity index (χ4n) is 1.97. The Morgan fingerprint density at radius 1 is 1.29 bits per heavy atom. The molecule has 0 spiro atoms. The van der Waals surface area contributed by atoms with Gasteiger partial charge >= 0.3 is 0 Å². The van der Waals surface area contributed by atoms with Crippen molar-refractivity contribution in [1.29, 1.82) is 0 Å². The van der Waals surface area contributed by atoms with Crippen LogP contribution in [0.3, 0.4) is 0 Å². The molecule has 0 aromatic carbocycles. The molecule has 0 fully saturated rings. The van der Waals surface area contributed by atoms with Gasteiger partial charge in [-0.15, -0.1) is 11.3 Å². The van der Waals surface area contributed by atoms with E-state index in [1.54, 1.807) is 11.3 Å². The number of hydrogen-bond acceptors (Lipinski definition) is 5. The third-order valence-corrected chi connectivity index (χ3v) is 4.43. The Kier molecular flexibility index (Phi) is 4.44. The van der Waals surface area contributed by atoms with Crippen molar-refractivity contribution in [2.75, 3.05) is 17.7 Å². The predicted molar refractivity (Wildman–Crippen MR) is 91.3 cm³/mol. The van der Waals surface area contributed by atoms with Gasteiger partial charge in [-0.3, -0.25) is 0 Å². The van der Waals surface area contributed by atoms with Crippen molar-refractivity contribution in [2.45, 2.75) is 39.7 Å². The summed E-state index contributed by atoms with van der Waals surface area (Å²) < 4.78 is 0.799. The van der Waals surface area contributed by atoms with Gasteiger partial charge in [-0.25, -0.2) is 9.97 Å². The fraction of sp³-hybridized carbons (Fsp3) is 0.467. The van der Waals surface area contributed by atoms with Crippen molar-refractivity contribution in [1.82, 2.24) is 9.97 Å². The monoisotopic (exact) mass is 324 g/mol. The Balaban J connectivity index is 2.35. The third kappa shape index (κ3) is 3.66. The third-order valence-electron chi connectivity index (χ3n) is 3.21. The zero-order valence-electron chi connectivity index (χ0n) is 13.1. The molecule has 0 aliphatic rings. The van der Waals surface area contributed by atoms with Crippen LogP contribution < -0.4 is 10.6 Å². The summed E-state index contributed by atoms with van der Waals surface area (Å²) in [6.07, 6.45) is 0. The van der Waals surface area contributed by atoms with Crippen molar-refractivity contribution >= 4 is 34.6 Å². The second kappa shape index (κ2) is 5.81. The summed E-state index contributed by atoms with van der Waals surface area (Å²) in [6, 6.07) is 3.95. The number of aromatic nitrogens is 2. The maximum absolute atomic E-state index is 6.06. The van der Waals surface area contributed by atoms with E-state index in [4.69, 9.17) is 22.3 Å². The molecule has 4 nitrogen and oxygen atoms in total. The lowest BCUT2D eigenvalue weighted by Crippen LogP contribution is -2.24. The molecule has 2 aromatic heterocycles. The Morgan fingerprint density at radius 3 is 2.48 bits per heavy atom. The minimum atomic E-state index is -0.135. The fourth-order valence-corrected chi connectivity index (χ4v) is 3.12. The van der Waals surface area contributed by atoms with Gasteiger partial charge < -0.3 is 10.6 Å². The molecule has 0 aliphatic carbocycles. The van der Waals surface area contributed by atoms with Crippen molar-refractivity contribution in [3.05, 3.63) is 32.7 Å². The van der Waals surface area contributed by atoms with Gasteiger partial charge in [0.2, 0.25) is 0 Å². The van der Waals surface area contributed by atoms with Gasteiger partial charge in [0.05, 0.1) is 10.9 Å². The van der Waals surface area contributed by atoms with Crippen LogP contribution in [0.15, 0.2) is 12.1 Å². The maximum Gasteiger partial charge on any atom is 0.138 e. The van der Waals surface area contributed by atoms with Crippen molar-refractivity contribution in [3.8, 4) is 0 Å². The van der Waals surface area contributed by atoms with Crippen LogP contribution in [0.25, 0.3) is 0 Å². The van der Waals surface area contributed by atoms with Crippen molar-refractivity contribution in [2.24, 2.45) is 0 Å². The van der Waals surface area contributed by atoms with Gasteiger partial charge in [-0.1, -0.05) is 32.4 Å². The van der Waals surface area contributed by atoms with E-state index in [0.717, 1.165) is 28.1 Å². The molecule has 2 N–H and O–H groups in total. The van der Waals surface area contributed by atoms with E-state index in [1.165, 1.54) is 4.88 Å². The first-order valence-corrected chi connectivity index (χ1v) is 7.98. The van der Waals surface area contributed by atoms with Gasteiger partial charge in [-0.2, -0.15) is 0 Å². The summed E-state index contributed by atoms with van der Waals surface area (Å²) in [7, 11) is 2.01. The van der Waals surface area contributed by atoms with Crippen LogP contribution in [0.2, 0.25) is 4.34 Å². The largest absolute Gasteiger partial charge is 0.383 e. The molecule has 0 radical (unpaired) electrons. The zero-order chi connectivity index (χ0) is 15.8. The Bertz CT molecular complexity index is 646. The molecule has 0 aliphatic heterocycles. The Hall–Kier alpha value is -1.33. The summed E-state index contributed by atoms with van der Waals surface area (Å²) in [4.78, 5) is 12.4. The maximum atomic E-state index is 6.06. The number of nitrogens with zero attached hydrogens (tertiary/aromatic N) is 3. The molecule has 2 rings (SSSR count). The van der Waals surface area contributed by atoms with E-state index in [1.807, 2.05) is 26.1 Å². The molecule has 0 unspecified atom stereocenters. The van der Waals surface area contributed by atoms with Gasteiger partial charge in [0.15, 0.2) is 0 Å².